The number of nitrogens with zero attached hydrogens (tertiary/aromatic N) is 2. The number of hydrogen-bond acceptors (Lipinski definition) is 6. The summed E-state index contributed by atoms with van der Waals surface area (Å²) >= 11 is 0. The number of H-pyrrole nitrogens is 1. The van der Waals surface area contributed by atoms with Crippen molar-refractivity contribution in [1.82, 2.24) is 14.9 Å². The first-order chi connectivity index (χ1) is 14.1. The lowest BCUT2D eigenvalue weighted by atomic mass is 10.1. The van der Waals surface area contributed by atoms with Crippen molar-refractivity contribution in [2.24, 2.45) is 0 Å². The topological polar surface area (TPSA) is 96.6 Å². The molecule has 0 spiro atoms. The van der Waals surface area contributed by atoms with Crippen LogP contribution in [0.25, 0.3) is 11.0 Å². The van der Waals surface area contributed by atoms with Crippen molar-refractivity contribution >= 4 is 28.6 Å². The van der Waals surface area contributed by atoms with Crippen LogP contribution in [-0.4, -0.2) is 60.2 Å². The molecule has 2 aromatic carbocycles. The number of benzene rings is 2. The second-order valence-electron chi connectivity index (χ2n) is 6.83. The molecule has 1 aromatic heterocycles. The third kappa shape index (κ3) is 4.44. The van der Waals surface area contributed by atoms with Gasteiger partial charge in [-0.1, -0.05) is 0 Å². The maximum atomic E-state index is 12.5. The van der Waals surface area contributed by atoms with Gasteiger partial charge in [-0.2, -0.15) is 0 Å². The third-order valence-electron chi connectivity index (χ3n) is 4.83. The molecule has 1 amide bonds. The summed E-state index contributed by atoms with van der Waals surface area (Å²) in [7, 11) is 1.32. The van der Waals surface area contributed by atoms with E-state index in [1.165, 1.54) is 7.11 Å². The van der Waals surface area contributed by atoms with E-state index in [0.29, 0.717) is 16.8 Å². The number of aromatic nitrogens is 2. The molecule has 2 heterocycles. The van der Waals surface area contributed by atoms with Crippen LogP contribution in [0.4, 0.5) is 5.69 Å². The summed E-state index contributed by atoms with van der Waals surface area (Å²) in [6.07, 6.45) is 0. The van der Waals surface area contributed by atoms with Crippen LogP contribution in [0.2, 0.25) is 0 Å². The largest absolute Gasteiger partial charge is 0.465 e. The molecule has 8 nitrogen and oxygen atoms in total. The molecule has 0 radical (unpaired) electrons. The zero-order valence-corrected chi connectivity index (χ0v) is 16.1. The zero-order chi connectivity index (χ0) is 20.2. The van der Waals surface area contributed by atoms with Crippen LogP contribution in [0.1, 0.15) is 26.5 Å². The number of morpholine rings is 1. The fourth-order valence-corrected chi connectivity index (χ4v) is 3.26. The van der Waals surface area contributed by atoms with E-state index in [1.54, 1.807) is 24.3 Å². The Morgan fingerprint density at radius 2 is 1.86 bits per heavy atom. The van der Waals surface area contributed by atoms with E-state index < -0.39 is 5.97 Å². The van der Waals surface area contributed by atoms with E-state index in [4.69, 9.17) is 4.74 Å². The highest BCUT2D eigenvalue weighted by atomic mass is 16.5. The monoisotopic (exact) mass is 394 g/mol. The first kappa shape index (κ1) is 19.1. The van der Waals surface area contributed by atoms with Gasteiger partial charge in [-0.25, -0.2) is 9.78 Å². The van der Waals surface area contributed by atoms with Crippen LogP contribution >= 0.6 is 0 Å². The highest BCUT2D eigenvalue weighted by Crippen LogP contribution is 2.19. The molecule has 1 aliphatic heterocycles. The molecule has 4 rings (SSSR count). The minimum absolute atomic E-state index is 0.256. The number of ether oxygens (including phenoxy) is 2. The molecule has 0 bridgehead atoms. The molecule has 3 aromatic rings. The van der Waals surface area contributed by atoms with Crippen LogP contribution in [-0.2, 0) is 16.0 Å². The van der Waals surface area contributed by atoms with Gasteiger partial charge in [0.2, 0.25) is 0 Å². The zero-order valence-electron chi connectivity index (χ0n) is 16.1. The number of nitrogens with one attached hydrogen (secondary N) is 2. The summed E-state index contributed by atoms with van der Waals surface area (Å²) in [6, 6.07) is 11.9. The second-order valence-corrected chi connectivity index (χ2v) is 6.83. The minimum atomic E-state index is -0.436. The van der Waals surface area contributed by atoms with E-state index in [-0.39, 0.29) is 5.91 Å². The number of carbonyl (C=O) groups excluding carboxylic acids is 2. The number of amides is 1. The van der Waals surface area contributed by atoms with Crippen LogP contribution in [0.3, 0.4) is 0 Å². The van der Waals surface area contributed by atoms with Crippen molar-refractivity contribution in [2.45, 2.75) is 6.54 Å². The number of anilines is 1. The summed E-state index contributed by atoms with van der Waals surface area (Å²) in [4.78, 5) is 34.2. The fraction of sp³-hybridized carbons (Fsp3) is 0.286. The van der Waals surface area contributed by atoms with Gasteiger partial charge in [-0.3, -0.25) is 9.69 Å². The van der Waals surface area contributed by atoms with E-state index in [1.807, 2.05) is 18.2 Å². The number of aromatic amines is 1. The molecule has 1 fully saturated rings. The number of methoxy groups -OCH3 is 1. The van der Waals surface area contributed by atoms with Crippen LogP contribution in [0.5, 0.6) is 0 Å². The molecular weight excluding hydrogens is 372 g/mol. The summed E-state index contributed by atoms with van der Waals surface area (Å²) < 4.78 is 10.0. The number of carbonyl (C=O) groups is 2. The van der Waals surface area contributed by atoms with Gasteiger partial charge in [0, 0.05) is 24.3 Å². The Morgan fingerprint density at radius 1 is 1.14 bits per heavy atom. The summed E-state index contributed by atoms with van der Waals surface area (Å²) in [5.41, 5.74) is 3.24. The fourth-order valence-electron chi connectivity index (χ4n) is 3.26. The standard InChI is InChI=1S/C21H22N4O4/c1-28-21(27)15-4-2-14(3-5-15)20(26)22-16-6-7-17-18(12-16)24-19(23-17)13-25-8-10-29-11-9-25/h2-7,12H,8-11,13H2,1H3,(H,22,26)(H,23,24). The number of fused-ring (bicyclic) bond motifs is 1. The van der Waals surface area contributed by atoms with Gasteiger partial charge >= 0.3 is 5.97 Å². The van der Waals surface area contributed by atoms with Crippen molar-refractivity contribution in [3.63, 3.8) is 0 Å². The van der Waals surface area contributed by atoms with Crippen LogP contribution in [0, 0.1) is 0 Å². The van der Waals surface area contributed by atoms with Gasteiger partial charge in [0.15, 0.2) is 0 Å². The number of esters is 1. The highest BCUT2D eigenvalue weighted by molar-refractivity contribution is 6.05. The quantitative estimate of drug-likeness (QED) is 0.645. The Hall–Kier alpha value is -3.23. The second kappa shape index (κ2) is 8.42. The van der Waals surface area contributed by atoms with Crippen LogP contribution < -0.4 is 5.32 Å². The molecule has 8 heteroatoms. The molecule has 0 atom stereocenters. The maximum absolute atomic E-state index is 12.5. The molecule has 0 aliphatic carbocycles. The van der Waals surface area contributed by atoms with Crippen molar-refractivity contribution in [1.29, 1.82) is 0 Å². The van der Waals surface area contributed by atoms with Crippen molar-refractivity contribution in [3.05, 3.63) is 59.4 Å². The van der Waals surface area contributed by atoms with E-state index in [2.05, 4.69) is 24.9 Å². The first-order valence-corrected chi connectivity index (χ1v) is 9.41. The molecule has 150 valence electrons. The first-order valence-electron chi connectivity index (χ1n) is 9.41. The molecule has 1 saturated heterocycles. The molecule has 29 heavy (non-hydrogen) atoms. The van der Waals surface area contributed by atoms with Crippen molar-refractivity contribution in [2.75, 3.05) is 38.7 Å². The number of rotatable bonds is 5. The van der Waals surface area contributed by atoms with Crippen molar-refractivity contribution < 1.29 is 19.1 Å². The Kier molecular flexibility index (Phi) is 5.55. The Balaban J connectivity index is 1.44. The Morgan fingerprint density at radius 3 is 2.59 bits per heavy atom. The number of hydrogen-bond donors (Lipinski definition) is 2. The molecule has 0 saturated carbocycles. The lowest BCUT2D eigenvalue weighted by molar-refractivity contribution is 0.0332. The predicted molar refractivity (Wildman–Crippen MR) is 108 cm³/mol. The SMILES string of the molecule is COC(=O)c1ccc(C(=O)Nc2ccc3nc(CN4CCOCC4)[nH]c3c2)cc1. The lowest BCUT2D eigenvalue weighted by Gasteiger charge is -2.25. The van der Waals surface area contributed by atoms with E-state index in [9.17, 15) is 9.59 Å². The Labute approximate surface area is 167 Å². The Bertz CT molecular complexity index is 1020. The van der Waals surface area contributed by atoms with Gasteiger partial charge in [0.05, 0.1) is 43.5 Å². The smallest absolute Gasteiger partial charge is 0.337 e. The highest BCUT2D eigenvalue weighted by Gasteiger charge is 2.14. The lowest BCUT2D eigenvalue weighted by Crippen LogP contribution is -2.35. The number of imidazole rings is 1. The average molecular weight is 394 g/mol. The molecule has 2 N–H and O–H groups in total. The van der Waals surface area contributed by atoms with Crippen molar-refractivity contribution in [3.8, 4) is 0 Å². The van der Waals surface area contributed by atoms with Gasteiger partial charge in [-0.05, 0) is 42.5 Å². The molecular formula is C21H22N4O4. The average Bonchev–Trinajstić information content (AvgIpc) is 3.15. The van der Waals surface area contributed by atoms with E-state index in [0.717, 1.165) is 49.7 Å². The predicted octanol–water partition coefficient (Wildman–Crippen LogP) is 2.43. The van der Waals surface area contributed by atoms with Gasteiger partial charge in [0.1, 0.15) is 5.82 Å². The maximum Gasteiger partial charge on any atom is 0.337 e. The minimum Gasteiger partial charge on any atom is -0.465 e. The van der Waals surface area contributed by atoms with Crippen LogP contribution in [0.15, 0.2) is 42.5 Å². The summed E-state index contributed by atoms with van der Waals surface area (Å²) in [5, 5.41) is 2.87. The molecule has 0 unspecified atom stereocenters. The molecule has 1 aliphatic rings. The van der Waals surface area contributed by atoms with E-state index >= 15 is 0 Å². The normalized spacial score (nSPS) is 14.7. The third-order valence-corrected chi connectivity index (χ3v) is 4.83. The summed E-state index contributed by atoms with van der Waals surface area (Å²) in [5.74, 6) is 0.201. The summed E-state index contributed by atoms with van der Waals surface area (Å²) in [6.45, 7) is 4.03. The van der Waals surface area contributed by atoms with Gasteiger partial charge in [0.25, 0.3) is 5.91 Å². The van der Waals surface area contributed by atoms with Gasteiger partial charge < -0.3 is 19.8 Å². The van der Waals surface area contributed by atoms with Gasteiger partial charge in [-0.15, -0.1) is 0 Å².